The van der Waals surface area contributed by atoms with E-state index in [1.54, 1.807) is 0 Å². The highest BCUT2D eigenvalue weighted by Crippen LogP contribution is 2.27. The molecule has 1 saturated carbocycles. The average Bonchev–Trinajstić information content (AvgIpc) is 3.01. The van der Waals surface area contributed by atoms with E-state index in [4.69, 9.17) is 9.47 Å². The van der Waals surface area contributed by atoms with Gasteiger partial charge in [0.25, 0.3) is 0 Å². The molecule has 3 heteroatoms. The predicted octanol–water partition coefficient (Wildman–Crippen LogP) is 2.26. The van der Waals surface area contributed by atoms with Gasteiger partial charge in [0.1, 0.15) is 0 Å². The van der Waals surface area contributed by atoms with Crippen LogP contribution in [0.4, 0.5) is 0 Å². The molecule has 0 radical (unpaired) electrons. The van der Waals surface area contributed by atoms with Crippen LogP contribution in [0.15, 0.2) is 0 Å². The van der Waals surface area contributed by atoms with Crippen LogP contribution in [-0.4, -0.2) is 43.5 Å². The summed E-state index contributed by atoms with van der Waals surface area (Å²) < 4.78 is 11.1. The number of rotatable bonds is 9. The standard InChI is InChI=1S/C12H25NO2/c1-4-9-13(11-7-8-11)10-12(14-5-2)15-6-3/h11-12H,4-10H2,1-3H3. The van der Waals surface area contributed by atoms with Gasteiger partial charge in [-0.2, -0.15) is 0 Å². The van der Waals surface area contributed by atoms with E-state index in [9.17, 15) is 0 Å². The van der Waals surface area contributed by atoms with Crippen LogP contribution in [0.5, 0.6) is 0 Å². The lowest BCUT2D eigenvalue weighted by molar-refractivity contribution is -0.148. The molecule has 0 saturated heterocycles. The van der Waals surface area contributed by atoms with Gasteiger partial charge >= 0.3 is 0 Å². The molecule has 0 spiro atoms. The molecule has 1 aliphatic rings. The third-order valence-corrected chi connectivity index (χ3v) is 2.66. The molecule has 15 heavy (non-hydrogen) atoms. The lowest BCUT2D eigenvalue weighted by Gasteiger charge is -2.26. The van der Waals surface area contributed by atoms with Crippen molar-refractivity contribution in [3.63, 3.8) is 0 Å². The van der Waals surface area contributed by atoms with Crippen LogP contribution in [0.2, 0.25) is 0 Å². The highest BCUT2D eigenvalue weighted by molar-refractivity contribution is 4.84. The van der Waals surface area contributed by atoms with E-state index in [0.29, 0.717) is 0 Å². The maximum absolute atomic E-state index is 5.57. The molecule has 0 heterocycles. The Hall–Kier alpha value is -0.120. The Labute approximate surface area is 93.7 Å². The topological polar surface area (TPSA) is 21.7 Å². The third kappa shape index (κ3) is 4.96. The van der Waals surface area contributed by atoms with Gasteiger partial charge < -0.3 is 9.47 Å². The monoisotopic (exact) mass is 215 g/mol. The second kappa shape index (κ2) is 7.20. The van der Waals surface area contributed by atoms with E-state index in [-0.39, 0.29) is 6.29 Å². The van der Waals surface area contributed by atoms with Crippen molar-refractivity contribution in [3.05, 3.63) is 0 Å². The smallest absolute Gasteiger partial charge is 0.170 e. The molecule has 1 aliphatic carbocycles. The van der Waals surface area contributed by atoms with Crippen LogP contribution in [-0.2, 0) is 9.47 Å². The van der Waals surface area contributed by atoms with E-state index in [2.05, 4.69) is 11.8 Å². The predicted molar refractivity (Wildman–Crippen MR) is 61.9 cm³/mol. The Morgan fingerprint density at radius 3 is 2.13 bits per heavy atom. The Morgan fingerprint density at radius 1 is 1.13 bits per heavy atom. The third-order valence-electron chi connectivity index (χ3n) is 2.66. The average molecular weight is 215 g/mol. The SMILES string of the molecule is CCCN(CC(OCC)OCC)C1CC1. The van der Waals surface area contributed by atoms with E-state index in [1.807, 2.05) is 13.8 Å². The van der Waals surface area contributed by atoms with E-state index >= 15 is 0 Å². The normalized spacial score (nSPS) is 16.6. The summed E-state index contributed by atoms with van der Waals surface area (Å²) in [5.74, 6) is 0. The molecule has 1 fully saturated rings. The molecular formula is C12H25NO2. The Bertz CT molecular complexity index is 154. The minimum atomic E-state index is -0.0350. The molecule has 0 aromatic carbocycles. The molecule has 0 atom stereocenters. The van der Waals surface area contributed by atoms with Crippen LogP contribution < -0.4 is 0 Å². The summed E-state index contributed by atoms with van der Waals surface area (Å²) in [5.41, 5.74) is 0. The Kier molecular flexibility index (Phi) is 6.22. The van der Waals surface area contributed by atoms with Crippen molar-refractivity contribution in [1.82, 2.24) is 4.90 Å². The van der Waals surface area contributed by atoms with Gasteiger partial charge in [0, 0.05) is 25.8 Å². The second-order valence-corrected chi connectivity index (χ2v) is 4.07. The van der Waals surface area contributed by atoms with E-state index in [0.717, 1.165) is 25.8 Å². The van der Waals surface area contributed by atoms with Gasteiger partial charge in [0.2, 0.25) is 0 Å². The fourth-order valence-corrected chi connectivity index (χ4v) is 1.87. The number of hydrogen-bond donors (Lipinski definition) is 0. The first-order chi connectivity index (χ1) is 7.31. The summed E-state index contributed by atoms with van der Waals surface area (Å²) in [5, 5.41) is 0. The summed E-state index contributed by atoms with van der Waals surface area (Å²) in [4.78, 5) is 2.51. The molecule has 0 aliphatic heterocycles. The van der Waals surface area contributed by atoms with Crippen LogP contribution in [0.3, 0.4) is 0 Å². The van der Waals surface area contributed by atoms with Crippen LogP contribution in [0.1, 0.15) is 40.0 Å². The first kappa shape index (κ1) is 12.9. The van der Waals surface area contributed by atoms with Crippen LogP contribution in [0, 0.1) is 0 Å². The second-order valence-electron chi connectivity index (χ2n) is 4.07. The Balaban J connectivity index is 2.30. The fraction of sp³-hybridized carbons (Fsp3) is 1.00. The summed E-state index contributed by atoms with van der Waals surface area (Å²) in [6.45, 7) is 9.83. The van der Waals surface area contributed by atoms with Crippen molar-refractivity contribution >= 4 is 0 Å². The first-order valence-corrected chi connectivity index (χ1v) is 6.29. The zero-order valence-electron chi connectivity index (χ0n) is 10.4. The number of hydrogen-bond acceptors (Lipinski definition) is 3. The lowest BCUT2D eigenvalue weighted by Crippen LogP contribution is -2.37. The van der Waals surface area contributed by atoms with E-state index in [1.165, 1.54) is 25.8 Å². The highest BCUT2D eigenvalue weighted by Gasteiger charge is 2.30. The fourth-order valence-electron chi connectivity index (χ4n) is 1.87. The zero-order valence-corrected chi connectivity index (χ0v) is 10.4. The van der Waals surface area contributed by atoms with Gasteiger partial charge in [-0.3, -0.25) is 4.90 Å². The summed E-state index contributed by atoms with van der Waals surface area (Å²) in [6.07, 6.45) is 3.88. The molecule has 0 aromatic heterocycles. The molecule has 0 N–H and O–H groups in total. The number of ether oxygens (including phenoxy) is 2. The molecular weight excluding hydrogens is 190 g/mol. The van der Waals surface area contributed by atoms with Crippen molar-refractivity contribution in [2.75, 3.05) is 26.3 Å². The van der Waals surface area contributed by atoms with Gasteiger partial charge in [-0.1, -0.05) is 6.92 Å². The maximum atomic E-state index is 5.57. The zero-order chi connectivity index (χ0) is 11.1. The number of nitrogens with zero attached hydrogens (tertiary/aromatic N) is 1. The van der Waals surface area contributed by atoms with Crippen molar-refractivity contribution < 1.29 is 9.47 Å². The summed E-state index contributed by atoms with van der Waals surface area (Å²) >= 11 is 0. The minimum Gasteiger partial charge on any atom is -0.352 e. The molecule has 0 bridgehead atoms. The lowest BCUT2D eigenvalue weighted by atomic mass is 10.3. The molecule has 90 valence electrons. The van der Waals surface area contributed by atoms with Crippen LogP contribution in [0.25, 0.3) is 0 Å². The quantitative estimate of drug-likeness (QED) is 0.551. The Morgan fingerprint density at radius 2 is 1.73 bits per heavy atom. The van der Waals surface area contributed by atoms with Gasteiger partial charge in [-0.25, -0.2) is 0 Å². The maximum Gasteiger partial charge on any atom is 0.170 e. The van der Waals surface area contributed by atoms with Crippen molar-refractivity contribution in [3.8, 4) is 0 Å². The minimum absolute atomic E-state index is 0.0350. The van der Waals surface area contributed by atoms with Crippen LogP contribution >= 0.6 is 0 Å². The van der Waals surface area contributed by atoms with Gasteiger partial charge in [-0.05, 0) is 39.7 Å². The summed E-state index contributed by atoms with van der Waals surface area (Å²) in [7, 11) is 0. The van der Waals surface area contributed by atoms with Crippen molar-refractivity contribution in [2.45, 2.75) is 52.4 Å². The molecule has 3 nitrogen and oxygen atoms in total. The summed E-state index contributed by atoms with van der Waals surface area (Å²) in [6, 6.07) is 0.799. The van der Waals surface area contributed by atoms with Gasteiger partial charge in [0.15, 0.2) is 6.29 Å². The molecule has 0 aromatic rings. The van der Waals surface area contributed by atoms with Gasteiger partial charge in [-0.15, -0.1) is 0 Å². The molecule has 0 unspecified atom stereocenters. The largest absolute Gasteiger partial charge is 0.352 e. The highest BCUT2D eigenvalue weighted by atomic mass is 16.7. The van der Waals surface area contributed by atoms with Crippen molar-refractivity contribution in [2.24, 2.45) is 0 Å². The van der Waals surface area contributed by atoms with E-state index < -0.39 is 0 Å². The van der Waals surface area contributed by atoms with Crippen molar-refractivity contribution in [1.29, 1.82) is 0 Å². The molecule has 0 amide bonds. The molecule has 1 rings (SSSR count). The van der Waals surface area contributed by atoms with Gasteiger partial charge in [0.05, 0.1) is 0 Å². The first-order valence-electron chi connectivity index (χ1n) is 6.29.